The number of hydrogen-bond acceptors (Lipinski definition) is 5. The van der Waals surface area contributed by atoms with Crippen molar-refractivity contribution in [1.29, 1.82) is 5.41 Å². The molecule has 5 nitrogen and oxygen atoms in total. The molecule has 1 heterocycles. The maximum absolute atomic E-state index is 10.0. The highest BCUT2D eigenvalue weighted by atomic mass is 16.3. The van der Waals surface area contributed by atoms with Gasteiger partial charge in [-0.05, 0) is 11.6 Å². The summed E-state index contributed by atoms with van der Waals surface area (Å²) in [7, 11) is 0. The third-order valence-electron chi connectivity index (χ3n) is 1.33. The van der Waals surface area contributed by atoms with Crippen molar-refractivity contribution in [3.8, 4) is 0 Å². The van der Waals surface area contributed by atoms with Crippen molar-refractivity contribution in [3.63, 3.8) is 0 Å². The van der Waals surface area contributed by atoms with Gasteiger partial charge < -0.3 is 5.32 Å². The Morgan fingerprint density at radius 2 is 2.64 bits per heavy atom. The standard InChI is InChI=1S/C6H8N4O/c7-4-5(10-11)6-8-2-1-3-9-6/h7H,1-3H2,(H,8,9). The second-order valence-electron chi connectivity index (χ2n) is 2.08. The molecule has 0 atom stereocenters. The molecule has 11 heavy (non-hydrogen) atoms. The van der Waals surface area contributed by atoms with Crippen molar-refractivity contribution in [3.05, 3.63) is 10.6 Å². The van der Waals surface area contributed by atoms with E-state index >= 15 is 0 Å². The molecule has 0 fully saturated rings. The van der Waals surface area contributed by atoms with E-state index in [-0.39, 0.29) is 5.70 Å². The summed E-state index contributed by atoms with van der Waals surface area (Å²) in [5.41, 5.74) is -0.0512. The maximum Gasteiger partial charge on any atom is 0.210 e. The molecule has 0 radical (unpaired) electrons. The third-order valence-corrected chi connectivity index (χ3v) is 1.33. The summed E-state index contributed by atoms with van der Waals surface area (Å²) in [6, 6.07) is 0. The Bertz CT molecular complexity index is 239. The number of hydrogen-bond donors (Lipinski definition) is 2. The van der Waals surface area contributed by atoms with E-state index in [0.717, 1.165) is 13.0 Å². The molecule has 0 spiro atoms. The first kappa shape index (κ1) is 7.63. The highest BCUT2D eigenvalue weighted by Gasteiger charge is 2.09. The Morgan fingerprint density at radius 1 is 1.82 bits per heavy atom. The molecule has 5 heteroatoms. The molecule has 0 saturated carbocycles. The molecule has 0 aliphatic carbocycles. The van der Waals surface area contributed by atoms with Crippen molar-refractivity contribution < 1.29 is 0 Å². The summed E-state index contributed by atoms with van der Waals surface area (Å²) in [6.45, 7) is 1.46. The van der Waals surface area contributed by atoms with Gasteiger partial charge in [0.05, 0.1) is 0 Å². The van der Waals surface area contributed by atoms with Gasteiger partial charge in [0.2, 0.25) is 5.70 Å². The monoisotopic (exact) mass is 152 g/mol. The Morgan fingerprint density at radius 3 is 3.09 bits per heavy atom. The quantitative estimate of drug-likeness (QED) is 0.440. The molecule has 0 bridgehead atoms. The minimum absolute atomic E-state index is 0.0512. The largest absolute Gasteiger partial charge is 0.368 e. The summed E-state index contributed by atoms with van der Waals surface area (Å²) < 4.78 is 0. The van der Waals surface area contributed by atoms with Crippen molar-refractivity contribution in [2.24, 2.45) is 10.2 Å². The van der Waals surface area contributed by atoms with E-state index in [1.54, 1.807) is 0 Å². The lowest BCUT2D eigenvalue weighted by molar-refractivity contribution is 0.741. The van der Waals surface area contributed by atoms with Gasteiger partial charge in [-0.1, -0.05) is 0 Å². The van der Waals surface area contributed by atoms with E-state index in [0.29, 0.717) is 12.4 Å². The molecule has 1 aliphatic heterocycles. The summed E-state index contributed by atoms with van der Waals surface area (Å²) >= 11 is 0. The van der Waals surface area contributed by atoms with Crippen LogP contribution in [0.25, 0.3) is 0 Å². The smallest absolute Gasteiger partial charge is 0.210 e. The maximum atomic E-state index is 10.0. The first-order valence-electron chi connectivity index (χ1n) is 3.30. The van der Waals surface area contributed by atoms with Crippen molar-refractivity contribution in [1.82, 2.24) is 5.32 Å². The summed E-state index contributed by atoms with van der Waals surface area (Å²) in [4.78, 5) is 14.0. The lowest BCUT2D eigenvalue weighted by atomic mass is 10.3. The predicted octanol–water partition coefficient (Wildman–Crippen LogP) is 0.277. The van der Waals surface area contributed by atoms with Gasteiger partial charge in [0.15, 0.2) is 5.84 Å². The number of nitroso groups, excluding NO2 is 1. The van der Waals surface area contributed by atoms with Crippen LogP contribution in [0.3, 0.4) is 0 Å². The van der Waals surface area contributed by atoms with Crippen LogP contribution in [0.5, 0.6) is 0 Å². The number of amidine groups is 1. The number of rotatable bonds is 2. The van der Waals surface area contributed by atoms with Gasteiger partial charge in [0.1, 0.15) is 0 Å². The zero-order valence-corrected chi connectivity index (χ0v) is 5.92. The van der Waals surface area contributed by atoms with Gasteiger partial charge in [-0.2, -0.15) is 0 Å². The molecule has 1 rings (SSSR count). The normalized spacial score (nSPS) is 15.8. The minimum Gasteiger partial charge on any atom is -0.368 e. The number of aliphatic imine (C=N–C) groups is 1. The first-order valence-corrected chi connectivity index (χ1v) is 3.30. The summed E-state index contributed by atoms with van der Waals surface area (Å²) in [5, 5.41) is 12.2. The highest BCUT2D eigenvalue weighted by molar-refractivity contribution is 6.04. The zero-order valence-electron chi connectivity index (χ0n) is 5.92. The van der Waals surface area contributed by atoms with Gasteiger partial charge in [-0.3, -0.25) is 10.4 Å². The van der Waals surface area contributed by atoms with Crippen LogP contribution >= 0.6 is 0 Å². The SMILES string of the molecule is N=C=C(N=O)C1=NCCCN1. The Balaban J connectivity index is 2.79. The van der Waals surface area contributed by atoms with Crippen LogP contribution in [0.2, 0.25) is 0 Å². The fraction of sp³-hybridized carbons (Fsp3) is 0.500. The van der Waals surface area contributed by atoms with Crippen LogP contribution in [0.4, 0.5) is 0 Å². The van der Waals surface area contributed by atoms with Gasteiger partial charge in [0.25, 0.3) is 0 Å². The molecule has 58 valence electrons. The number of nitrogens with zero attached hydrogens (tertiary/aromatic N) is 2. The van der Waals surface area contributed by atoms with E-state index in [1.807, 2.05) is 5.87 Å². The fourth-order valence-electron chi connectivity index (χ4n) is 0.816. The van der Waals surface area contributed by atoms with E-state index in [9.17, 15) is 4.91 Å². The molecule has 1 aliphatic rings. The van der Waals surface area contributed by atoms with Crippen LogP contribution in [-0.4, -0.2) is 24.8 Å². The van der Waals surface area contributed by atoms with Crippen molar-refractivity contribution in [2.45, 2.75) is 6.42 Å². The van der Waals surface area contributed by atoms with Crippen molar-refractivity contribution in [2.75, 3.05) is 13.1 Å². The van der Waals surface area contributed by atoms with E-state index in [4.69, 9.17) is 5.41 Å². The van der Waals surface area contributed by atoms with Crippen LogP contribution in [0, 0.1) is 10.3 Å². The van der Waals surface area contributed by atoms with Gasteiger partial charge in [-0.25, -0.2) is 0 Å². The molecule has 0 saturated heterocycles. The Hall–Kier alpha value is -1.48. The van der Waals surface area contributed by atoms with Gasteiger partial charge in [-0.15, -0.1) is 4.91 Å². The van der Waals surface area contributed by atoms with Gasteiger partial charge >= 0.3 is 0 Å². The molecule has 2 N–H and O–H groups in total. The minimum atomic E-state index is -0.0512. The van der Waals surface area contributed by atoms with Gasteiger partial charge in [0, 0.05) is 19.0 Å². The van der Waals surface area contributed by atoms with Crippen molar-refractivity contribution >= 4 is 11.7 Å². The second-order valence-corrected chi connectivity index (χ2v) is 2.08. The summed E-state index contributed by atoms with van der Waals surface area (Å²) in [6.07, 6.45) is 0.952. The van der Waals surface area contributed by atoms with Crippen LogP contribution in [-0.2, 0) is 0 Å². The molecule has 0 unspecified atom stereocenters. The fourth-order valence-corrected chi connectivity index (χ4v) is 0.816. The molecule has 0 aromatic carbocycles. The van der Waals surface area contributed by atoms with Crippen LogP contribution in [0.15, 0.2) is 15.9 Å². The molecule has 0 aromatic rings. The van der Waals surface area contributed by atoms with E-state index < -0.39 is 0 Å². The third kappa shape index (κ3) is 1.72. The number of nitrogens with one attached hydrogen (secondary N) is 2. The highest BCUT2D eigenvalue weighted by Crippen LogP contribution is 1.98. The average Bonchev–Trinajstić information content (AvgIpc) is 2.09. The topological polar surface area (TPSA) is 77.7 Å². The zero-order chi connectivity index (χ0) is 8.10. The lowest BCUT2D eigenvalue weighted by Crippen LogP contribution is -2.30. The Kier molecular flexibility index (Phi) is 2.52. The molecular weight excluding hydrogens is 144 g/mol. The average molecular weight is 152 g/mol. The second kappa shape index (κ2) is 3.63. The molecule has 0 amide bonds. The summed E-state index contributed by atoms with van der Waals surface area (Å²) in [5.74, 6) is 2.31. The Labute approximate surface area is 63.7 Å². The molecule has 0 aromatic heterocycles. The van der Waals surface area contributed by atoms with E-state index in [2.05, 4.69) is 15.5 Å². The van der Waals surface area contributed by atoms with E-state index in [1.165, 1.54) is 0 Å². The molecular formula is C6H8N4O. The first-order chi connectivity index (χ1) is 5.38. The predicted molar refractivity (Wildman–Crippen MR) is 42.0 cm³/mol. The van der Waals surface area contributed by atoms with Crippen LogP contribution in [0.1, 0.15) is 6.42 Å². The lowest BCUT2D eigenvalue weighted by Gasteiger charge is -2.11. The van der Waals surface area contributed by atoms with Crippen LogP contribution < -0.4 is 5.32 Å².